The van der Waals surface area contributed by atoms with Crippen molar-refractivity contribution in [3.63, 3.8) is 0 Å². The van der Waals surface area contributed by atoms with Crippen molar-refractivity contribution in [3.8, 4) is 0 Å². The molecule has 0 aromatic carbocycles. The first kappa shape index (κ1) is 13.2. The first-order valence-electron chi connectivity index (χ1n) is 5.00. The molecule has 0 bridgehead atoms. The molecule has 0 aliphatic heterocycles. The monoisotopic (exact) mass is 238 g/mol. The lowest BCUT2D eigenvalue weighted by atomic mass is 9.84. The second kappa shape index (κ2) is 4.97. The van der Waals surface area contributed by atoms with Gasteiger partial charge in [0.1, 0.15) is 18.1 Å². The first-order valence-corrected chi connectivity index (χ1v) is 5.00. The molecule has 2 unspecified atom stereocenters. The van der Waals surface area contributed by atoms with Crippen LogP contribution in [0.25, 0.3) is 0 Å². The van der Waals surface area contributed by atoms with Crippen LogP contribution in [-0.2, 0) is 14.3 Å². The van der Waals surface area contributed by atoms with Crippen LogP contribution in [0.4, 0.5) is 0 Å². The first-order chi connectivity index (χ1) is 7.87. The number of hydrogen-bond acceptors (Lipinski definition) is 4. The van der Waals surface area contributed by atoms with E-state index in [0.29, 0.717) is 0 Å². The molecule has 0 fully saturated rings. The summed E-state index contributed by atoms with van der Waals surface area (Å²) in [6.07, 6.45) is 5.68. The number of carboxylic acid groups (broad SMARTS) is 1. The summed E-state index contributed by atoms with van der Waals surface area (Å²) in [5.74, 6) is -2.98. The average molecular weight is 238 g/mol. The Kier molecular flexibility index (Phi) is 3.85. The molecule has 2 N–H and O–H groups in total. The van der Waals surface area contributed by atoms with Gasteiger partial charge in [-0.15, -0.1) is 0 Å². The van der Waals surface area contributed by atoms with Gasteiger partial charge >= 0.3 is 11.9 Å². The lowest BCUT2D eigenvalue weighted by Crippen LogP contribution is -2.45. The van der Waals surface area contributed by atoms with Crippen LogP contribution in [0.15, 0.2) is 36.5 Å². The molecule has 0 radical (unpaired) electrons. The predicted octanol–water partition coefficient (Wildman–Crippen LogP) is 0.664. The third-order valence-electron chi connectivity index (χ3n) is 2.39. The highest BCUT2D eigenvalue weighted by molar-refractivity contribution is 5.87. The maximum absolute atomic E-state index is 11.2. The third kappa shape index (κ3) is 3.04. The van der Waals surface area contributed by atoms with Gasteiger partial charge in [-0.25, -0.2) is 4.79 Å². The Morgan fingerprint density at radius 1 is 1.47 bits per heavy atom. The molecule has 1 aliphatic rings. The van der Waals surface area contributed by atoms with Crippen LogP contribution in [0.5, 0.6) is 0 Å². The van der Waals surface area contributed by atoms with Gasteiger partial charge in [0.05, 0.1) is 0 Å². The van der Waals surface area contributed by atoms with Crippen molar-refractivity contribution >= 4 is 11.9 Å². The normalized spacial score (nSPS) is 26.6. The van der Waals surface area contributed by atoms with Crippen LogP contribution < -0.4 is 0 Å². The molecular formula is C12H14O5. The van der Waals surface area contributed by atoms with Gasteiger partial charge in [-0.2, -0.15) is 0 Å². The van der Waals surface area contributed by atoms with Gasteiger partial charge in [0.25, 0.3) is 0 Å². The van der Waals surface area contributed by atoms with Crippen molar-refractivity contribution in [2.75, 3.05) is 6.61 Å². The van der Waals surface area contributed by atoms with Crippen LogP contribution in [0, 0.1) is 5.92 Å². The summed E-state index contributed by atoms with van der Waals surface area (Å²) in [6.45, 7) is 4.44. The predicted molar refractivity (Wildman–Crippen MR) is 60.1 cm³/mol. The number of allylic oxidation sites excluding steroid dienone is 2. The number of aliphatic carboxylic acids is 1. The van der Waals surface area contributed by atoms with Crippen molar-refractivity contribution in [2.24, 2.45) is 5.92 Å². The highest BCUT2D eigenvalue weighted by atomic mass is 16.5. The van der Waals surface area contributed by atoms with Crippen LogP contribution in [0.1, 0.15) is 6.92 Å². The minimum absolute atomic E-state index is 0.191. The minimum atomic E-state index is -1.72. The van der Waals surface area contributed by atoms with Crippen LogP contribution in [0.3, 0.4) is 0 Å². The van der Waals surface area contributed by atoms with E-state index in [1.165, 1.54) is 31.2 Å². The molecule has 5 nitrogen and oxygen atoms in total. The molecule has 0 aromatic heterocycles. The largest absolute Gasteiger partial charge is 0.481 e. The zero-order chi connectivity index (χ0) is 13.1. The van der Waals surface area contributed by atoms with Gasteiger partial charge < -0.3 is 14.9 Å². The van der Waals surface area contributed by atoms with Gasteiger partial charge in [0.2, 0.25) is 0 Å². The smallest absolute Gasteiger partial charge is 0.333 e. The van der Waals surface area contributed by atoms with Crippen molar-refractivity contribution in [1.29, 1.82) is 0 Å². The number of hydrogen-bond donors (Lipinski definition) is 2. The van der Waals surface area contributed by atoms with E-state index in [-0.39, 0.29) is 5.57 Å². The standard InChI is InChI=1S/C12H14O5/c1-8(2)11(15)17-7-12(16)6-4-3-5-9(12)10(13)14/h3-6,9,16H,1,7H2,2H3,(H,13,14). The van der Waals surface area contributed by atoms with E-state index >= 15 is 0 Å². The van der Waals surface area contributed by atoms with E-state index < -0.39 is 30.1 Å². The van der Waals surface area contributed by atoms with Crippen LogP contribution in [-0.4, -0.2) is 34.4 Å². The quantitative estimate of drug-likeness (QED) is 0.555. The number of ether oxygens (including phenoxy) is 1. The molecular weight excluding hydrogens is 224 g/mol. The third-order valence-corrected chi connectivity index (χ3v) is 2.39. The lowest BCUT2D eigenvalue weighted by Gasteiger charge is -2.30. The maximum Gasteiger partial charge on any atom is 0.333 e. The van der Waals surface area contributed by atoms with Gasteiger partial charge in [0.15, 0.2) is 0 Å². The summed E-state index contributed by atoms with van der Waals surface area (Å²) in [5, 5.41) is 19.1. The molecule has 17 heavy (non-hydrogen) atoms. The fraction of sp³-hybridized carbons (Fsp3) is 0.333. The molecule has 1 rings (SSSR count). The minimum Gasteiger partial charge on any atom is -0.481 e. The second-order valence-corrected chi connectivity index (χ2v) is 3.91. The maximum atomic E-state index is 11.2. The van der Waals surface area contributed by atoms with E-state index in [4.69, 9.17) is 9.84 Å². The number of carbonyl (C=O) groups is 2. The summed E-state index contributed by atoms with van der Waals surface area (Å²) in [4.78, 5) is 22.1. The topological polar surface area (TPSA) is 83.8 Å². The molecule has 0 spiro atoms. The fourth-order valence-electron chi connectivity index (χ4n) is 1.41. The van der Waals surface area contributed by atoms with Gasteiger partial charge in [-0.05, 0) is 13.0 Å². The number of carbonyl (C=O) groups excluding carboxylic acids is 1. The van der Waals surface area contributed by atoms with E-state index in [9.17, 15) is 14.7 Å². The molecule has 0 amide bonds. The Balaban J connectivity index is 2.75. The summed E-state index contributed by atoms with van der Waals surface area (Å²) in [6, 6.07) is 0. The molecule has 1 aliphatic carbocycles. The van der Waals surface area contributed by atoms with Crippen molar-refractivity contribution in [2.45, 2.75) is 12.5 Å². The summed E-state index contributed by atoms with van der Waals surface area (Å²) >= 11 is 0. The number of esters is 1. The number of aliphatic hydroxyl groups is 1. The molecule has 0 aromatic rings. The Morgan fingerprint density at radius 3 is 2.65 bits per heavy atom. The van der Waals surface area contributed by atoms with Crippen molar-refractivity contribution in [1.82, 2.24) is 0 Å². The zero-order valence-corrected chi connectivity index (χ0v) is 9.42. The van der Waals surface area contributed by atoms with Gasteiger partial charge in [0, 0.05) is 5.57 Å². The average Bonchev–Trinajstić information content (AvgIpc) is 2.26. The second-order valence-electron chi connectivity index (χ2n) is 3.91. The Bertz CT molecular complexity index is 407. The molecule has 0 saturated heterocycles. The van der Waals surface area contributed by atoms with E-state index in [2.05, 4.69) is 6.58 Å². The molecule has 5 heteroatoms. The summed E-state index contributed by atoms with van der Waals surface area (Å²) in [7, 11) is 0. The fourth-order valence-corrected chi connectivity index (χ4v) is 1.41. The highest BCUT2D eigenvalue weighted by Crippen LogP contribution is 2.25. The summed E-state index contributed by atoms with van der Waals surface area (Å²) in [5.41, 5.74) is -1.53. The summed E-state index contributed by atoms with van der Waals surface area (Å²) < 4.78 is 4.79. The molecule has 92 valence electrons. The van der Waals surface area contributed by atoms with Crippen molar-refractivity contribution in [3.05, 3.63) is 36.5 Å². The SMILES string of the molecule is C=C(C)C(=O)OCC1(O)C=CC=CC1C(=O)O. The molecule has 0 heterocycles. The lowest BCUT2D eigenvalue weighted by molar-refractivity contribution is -0.156. The Hall–Kier alpha value is -1.88. The highest BCUT2D eigenvalue weighted by Gasteiger charge is 2.40. The molecule has 2 atom stereocenters. The van der Waals surface area contributed by atoms with Crippen LogP contribution in [0.2, 0.25) is 0 Å². The Morgan fingerprint density at radius 2 is 2.12 bits per heavy atom. The zero-order valence-electron chi connectivity index (χ0n) is 9.42. The molecule has 0 saturated carbocycles. The van der Waals surface area contributed by atoms with E-state index in [0.717, 1.165) is 0 Å². The van der Waals surface area contributed by atoms with Gasteiger partial charge in [-0.3, -0.25) is 4.79 Å². The van der Waals surface area contributed by atoms with Gasteiger partial charge in [-0.1, -0.05) is 24.8 Å². The van der Waals surface area contributed by atoms with E-state index in [1.54, 1.807) is 0 Å². The number of rotatable bonds is 4. The van der Waals surface area contributed by atoms with E-state index in [1.807, 2.05) is 0 Å². The van der Waals surface area contributed by atoms with Crippen LogP contribution >= 0.6 is 0 Å². The Labute approximate surface area is 98.7 Å². The number of carboxylic acids is 1. The van der Waals surface area contributed by atoms with Crippen molar-refractivity contribution < 1.29 is 24.5 Å².